The summed E-state index contributed by atoms with van der Waals surface area (Å²) in [5.41, 5.74) is 2.14. The van der Waals surface area contributed by atoms with Crippen LogP contribution in [-0.4, -0.2) is 36.7 Å². The molecule has 5 heteroatoms. The molecule has 2 aliphatic rings. The Kier molecular flexibility index (Phi) is 8.31. The van der Waals surface area contributed by atoms with Gasteiger partial charge in [0.1, 0.15) is 17.6 Å². The minimum Gasteiger partial charge on any atom is -0.459 e. The molecule has 39 heavy (non-hydrogen) atoms. The molecular formula is C34H38O5. The van der Waals surface area contributed by atoms with Gasteiger partial charge in [-0.3, -0.25) is 4.79 Å². The molecule has 0 radical (unpaired) electrons. The summed E-state index contributed by atoms with van der Waals surface area (Å²) in [6, 6.07) is 30.6. The topological polar surface area (TPSA) is 54.0 Å². The highest BCUT2D eigenvalue weighted by Crippen LogP contribution is 2.42. The number of hydrogen-bond donors (Lipinski definition) is 0. The average Bonchev–Trinajstić information content (AvgIpc) is 2.94. The molecule has 0 aromatic heterocycles. The smallest absolute Gasteiger partial charge is 0.314 e. The molecule has 2 aliphatic heterocycles. The summed E-state index contributed by atoms with van der Waals surface area (Å²) in [4.78, 5) is 13.4. The van der Waals surface area contributed by atoms with Gasteiger partial charge in [0.2, 0.25) is 0 Å². The molecule has 5 nitrogen and oxygen atoms in total. The molecule has 0 N–H and O–H groups in total. The zero-order valence-corrected chi connectivity index (χ0v) is 23.0. The van der Waals surface area contributed by atoms with Crippen molar-refractivity contribution in [2.45, 2.75) is 69.7 Å². The molecule has 5 rings (SSSR count). The van der Waals surface area contributed by atoms with Crippen LogP contribution in [0.3, 0.4) is 0 Å². The average molecular weight is 527 g/mol. The van der Waals surface area contributed by atoms with E-state index in [9.17, 15) is 4.79 Å². The third-order valence-electron chi connectivity index (χ3n) is 7.47. The van der Waals surface area contributed by atoms with Crippen molar-refractivity contribution in [3.63, 3.8) is 0 Å². The van der Waals surface area contributed by atoms with Crippen molar-refractivity contribution in [1.82, 2.24) is 0 Å². The van der Waals surface area contributed by atoms with Crippen molar-refractivity contribution >= 4 is 5.97 Å². The molecule has 0 saturated carbocycles. The molecule has 3 aromatic carbocycles. The van der Waals surface area contributed by atoms with E-state index in [1.165, 1.54) is 0 Å². The number of carbonyl (C=O) groups is 1. The minimum absolute atomic E-state index is 0.217. The summed E-state index contributed by atoms with van der Waals surface area (Å²) in [6.45, 7) is 6.15. The normalized spacial score (nSPS) is 24.7. The van der Waals surface area contributed by atoms with Crippen molar-refractivity contribution in [2.75, 3.05) is 6.61 Å². The first kappa shape index (κ1) is 27.3. The molecule has 4 atom stereocenters. The SMILES string of the molecule is CCC/C=C/[C@@H]1OC(C)(C)O[C@H]2C[C@@H](COC(c3ccccc3)(c3ccccc3)c3ccccc3)OC(=O)[C@H]12. The quantitative estimate of drug-likeness (QED) is 0.174. The number of benzene rings is 3. The van der Waals surface area contributed by atoms with Crippen molar-refractivity contribution in [1.29, 1.82) is 0 Å². The van der Waals surface area contributed by atoms with Crippen LogP contribution in [0.15, 0.2) is 103 Å². The van der Waals surface area contributed by atoms with Gasteiger partial charge in [0, 0.05) is 6.42 Å². The Hall–Kier alpha value is -3.25. The Balaban J connectivity index is 1.45. The van der Waals surface area contributed by atoms with Crippen molar-refractivity contribution in [2.24, 2.45) is 5.92 Å². The summed E-state index contributed by atoms with van der Waals surface area (Å²) in [6.07, 6.45) is 5.43. The van der Waals surface area contributed by atoms with Crippen LogP contribution < -0.4 is 0 Å². The van der Waals surface area contributed by atoms with E-state index in [1.54, 1.807) is 0 Å². The Morgan fingerprint density at radius 1 is 0.872 bits per heavy atom. The van der Waals surface area contributed by atoms with E-state index in [2.05, 4.69) is 49.4 Å². The molecule has 0 aliphatic carbocycles. The second-order valence-electron chi connectivity index (χ2n) is 10.8. The summed E-state index contributed by atoms with van der Waals surface area (Å²) >= 11 is 0. The highest BCUT2D eigenvalue weighted by Gasteiger charge is 2.51. The highest BCUT2D eigenvalue weighted by atomic mass is 16.7. The molecule has 2 saturated heterocycles. The first-order valence-electron chi connectivity index (χ1n) is 14.0. The fourth-order valence-corrected chi connectivity index (χ4v) is 5.75. The van der Waals surface area contributed by atoms with Gasteiger partial charge in [-0.25, -0.2) is 0 Å². The molecule has 0 amide bonds. The number of hydrogen-bond acceptors (Lipinski definition) is 5. The number of ether oxygens (including phenoxy) is 4. The van der Waals surface area contributed by atoms with Crippen molar-refractivity contribution in [3.05, 3.63) is 120 Å². The van der Waals surface area contributed by atoms with Gasteiger partial charge in [0.05, 0.1) is 18.8 Å². The van der Waals surface area contributed by atoms with Gasteiger partial charge in [0.15, 0.2) is 5.79 Å². The Labute approximate surface area is 231 Å². The molecule has 0 unspecified atom stereocenters. The largest absolute Gasteiger partial charge is 0.459 e. The first-order chi connectivity index (χ1) is 18.9. The molecule has 0 spiro atoms. The second-order valence-corrected chi connectivity index (χ2v) is 10.8. The van der Waals surface area contributed by atoms with Crippen LogP contribution >= 0.6 is 0 Å². The number of rotatable bonds is 9. The Bertz CT molecular complexity index is 1140. The second kappa shape index (κ2) is 11.9. The standard InChI is InChI=1S/C34H38O5/c1-4-5-9-22-29-31-30(39-33(2,3)38-29)23-28(37-32(31)35)24-36-34(25-16-10-6-11-17-25,26-18-12-7-13-19-26)27-20-14-8-15-21-27/h6-22,28-31H,4-5,23-24H2,1-3H3/b22-9+/t28-,29-,30-,31+/m0/s1. The lowest BCUT2D eigenvalue weighted by molar-refractivity contribution is -0.321. The molecular weight excluding hydrogens is 488 g/mol. The third-order valence-corrected chi connectivity index (χ3v) is 7.47. The van der Waals surface area contributed by atoms with Crippen molar-refractivity contribution < 1.29 is 23.7 Å². The van der Waals surface area contributed by atoms with Crippen LogP contribution in [0, 0.1) is 5.92 Å². The number of cyclic esters (lactones) is 1. The number of fused-ring (bicyclic) bond motifs is 1. The van der Waals surface area contributed by atoms with Crippen LogP contribution in [0.1, 0.15) is 56.7 Å². The van der Waals surface area contributed by atoms with E-state index in [0.29, 0.717) is 6.42 Å². The lowest BCUT2D eigenvalue weighted by Gasteiger charge is -2.47. The van der Waals surface area contributed by atoms with Gasteiger partial charge in [-0.2, -0.15) is 0 Å². The lowest BCUT2D eigenvalue weighted by atomic mass is 9.80. The molecule has 0 bridgehead atoms. The summed E-state index contributed by atoms with van der Waals surface area (Å²) in [5.74, 6) is -1.59. The fourth-order valence-electron chi connectivity index (χ4n) is 5.75. The van der Waals surface area contributed by atoms with E-state index in [4.69, 9.17) is 18.9 Å². The summed E-state index contributed by atoms with van der Waals surface area (Å²) in [5, 5.41) is 0. The van der Waals surface area contributed by atoms with Gasteiger partial charge in [0.25, 0.3) is 0 Å². The zero-order chi connectivity index (χ0) is 27.3. The van der Waals surface area contributed by atoms with Crippen LogP contribution in [-0.2, 0) is 29.3 Å². The summed E-state index contributed by atoms with van der Waals surface area (Å²) < 4.78 is 25.4. The molecule has 2 fully saturated rings. The Morgan fingerprint density at radius 2 is 1.41 bits per heavy atom. The zero-order valence-electron chi connectivity index (χ0n) is 23.0. The van der Waals surface area contributed by atoms with E-state index in [1.807, 2.05) is 74.5 Å². The maximum atomic E-state index is 13.4. The van der Waals surface area contributed by atoms with E-state index in [0.717, 1.165) is 29.5 Å². The monoisotopic (exact) mass is 526 g/mol. The van der Waals surface area contributed by atoms with E-state index in [-0.39, 0.29) is 24.8 Å². The number of carbonyl (C=O) groups excluding carboxylic acids is 1. The van der Waals surface area contributed by atoms with Crippen LogP contribution in [0.25, 0.3) is 0 Å². The van der Waals surface area contributed by atoms with Gasteiger partial charge in [-0.05, 0) is 37.0 Å². The molecule has 204 valence electrons. The van der Waals surface area contributed by atoms with Gasteiger partial charge in [-0.1, -0.05) is 116 Å². The predicted molar refractivity (Wildman–Crippen MR) is 151 cm³/mol. The minimum atomic E-state index is -0.881. The van der Waals surface area contributed by atoms with Gasteiger partial charge < -0.3 is 18.9 Å². The van der Waals surface area contributed by atoms with E-state index >= 15 is 0 Å². The van der Waals surface area contributed by atoms with Gasteiger partial charge >= 0.3 is 5.97 Å². The highest BCUT2D eigenvalue weighted by molar-refractivity contribution is 5.75. The third kappa shape index (κ3) is 5.86. The van der Waals surface area contributed by atoms with Crippen LogP contribution in [0.4, 0.5) is 0 Å². The number of unbranched alkanes of at least 4 members (excludes halogenated alkanes) is 1. The van der Waals surface area contributed by atoms with E-state index < -0.39 is 23.4 Å². The molecule has 2 heterocycles. The molecule has 3 aromatic rings. The Morgan fingerprint density at radius 3 is 1.92 bits per heavy atom. The van der Waals surface area contributed by atoms with Gasteiger partial charge in [-0.15, -0.1) is 0 Å². The van der Waals surface area contributed by atoms with Crippen LogP contribution in [0.5, 0.6) is 0 Å². The maximum Gasteiger partial charge on any atom is 0.314 e. The summed E-state index contributed by atoms with van der Waals surface area (Å²) in [7, 11) is 0. The lowest BCUT2D eigenvalue weighted by Crippen LogP contribution is -2.58. The van der Waals surface area contributed by atoms with Crippen molar-refractivity contribution in [3.8, 4) is 0 Å². The number of esters is 1. The predicted octanol–water partition coefficient (Wildman–Crippen LogP) is 6.80. The maximum absolute atomic E-state index is 13.4. The first-order valence-corrected chi connectivity index (χ1v) is 14.0. The number of allylic oxidation sites excluding steroid dienone is 1. The van der Waals surface area contributed by atoms with Crippen LogP contribution in [0.2, 0.25) is 0 Å². The fraction of sp³-hybridized carbons (Fsp3) is 0.382.